The third-order valence-corrected chi connectivity index (χ3v) is 6.33. The van der Waals surface area contributed by atoms with Crippen molar-refractivity contribution in [3.63, 3.8) is 0 Å². The molecular formula is C22H32N4O. The van der Waals surface area contributed by atoms with Crippen molar-refractivity contribution >= 4 is 5.82 Å². The van der Waals surface area contributed by atoms with E-state index >= 15 is 0 Å². The first kappa shape index (κ1) is 18.7. The fourth-order valence-electron chi connectivity index (χ4n) is 5.07. The van der Waals surface area contributed by atoms with Crippen LogP contribution in [0.1, 0.15) is 56.4 Å². The van der Waals surface area contributed by atoms with E-state index in [9.17, 15) is 5.26 Å². The van der Waals surface area contributed by atoms with Gasteiger partial charge in [0.1, 0.15) is 11.9 Å². The fourth-order valence-corrected chi connectivity index (χ4v) is 5.07. The molecule has 0 amide bonds. The lowest BCUT2D eigenvalue weighted by Gasteiger charge is -2.40. The largest absolute Gasteiger partial charge is 0.373 e. The first-order valence-corrected chi connectivity index (χ1v) is 10.7. The van der Waals surface area contributed by atoms with Gasteiger partial charge in [-0.3, -0.25) is 4.90 Å². The number of ether oxygens (including phenoxy) is 1. The monoisotopic (exact) mass is 368 g/mol. The number of piperidine rings is 1. The highest BCUT2D eigenvalue weighted by Crippen LogP contribution is 2.29. The Morgan fingerprint density at radius 2 is 1.85 bits per heavy atom. The van der Waals surface area contributed by atoms with Gasteiger partial charge in [0, 0.05) is 38.4 Å². The molecule has 2 unspecified atom stereocenters. The molecule has 1 aliphatic carbocycles. The minimum absolute atomic E-state index is 0.340. The summed E-state index contributed by atoms with van der Waals surface area (Å²) < 4.78 is 5.86. The lowest BCUT2D eigenvalue weighted by Crippen LogP contribution is -2.48. The minimum Gasteiger partial charge on any atom is -0.373 e. The van der Waals surface area contributed by atoms with Gasteiger partial charge < -0.3 is 9.64 Å². The van der Waals surface area contributed by atoms with Crippen LogP contribution in [0.2, 0.25) is 0 Å². The van der Waals surface area contributed by atoms with Crippen LogP contribution in [0, 0.1) is 17.2 Å². The Kier molecular flexibility index (Phi) is 5.66. The Morgan fingerprint density at radius 1 is 1.15 bits per heavy atom. The molecule has 146 valence electrons. The fraction of sp³-hybridized carbons (Fsp3) is 0.727. The number of rotatable bonds is 3. The Labute approximate surface area is 163 Å². The Hall–Kier alpha value is -1.64. The van der Waals surface area contributed by atoms with E-state index in [0.717, 1.165) is 56.3 Å². The topological polar surface area (TPSA) is 52.4 Å². The quantitative estimate of drug-likeness (QED) is 0.820. The van der Waals surface area contributed by atoms with Crippen molar-refractivity contribution in [2.45, 2.75) is 64.6 Å². The molecule has 3 heterocycles. The summed E-state index contributed by atoms with van der Waals surface area (Å²) in [6, 6.07) is 4.51. The molecule has 1 aromatic heterocycles. The number of aromatic nitrogens is 1. The number of nitriles is 1. The first-order valence-electron chi connectivity index (χ1n) is 10.7. The van der Waals surface area contributed by atoms with Crippen molar-refractivity contribution in [2.24, 2.45) is 5.92 Å². The molecule has 2 saturated heterocycles. The highest BCUT2D eigenvalue weighted by atomic mass is 16.5. The average molecular weight is 369 g/mol. The maximum atomic E-state index is 9.63. The lowest BCUT2D eigenvalue weighted by atomic mass is 9.93. The molecule has 0 saturated carbocycles. The van der Waals surface area contributed by atoms with Gasteiger partial charge in [0.25, 0.3) is 0 Å². The smallest absolute Gasteiger partial charge is 0.146 e. The van der Waals surface area contributed by atoms with Crippen LogP contribution in [0.25, 0.3) is 0 Å². The molecule has 5 nitrogen and oxygen atoms in total. The van der Waals surface area contributed by atoms with Gasteiger partial charge in [-0.2, -0.15) is 5.26 Å². The second-order valence-corrected chi connectivity index (χ2v) is 8.69. The van der Waals surface area contributed by atoms with Gasteiger partial charge in [0.2, 0.25) is 0 Å². The maximum absolute atomic E-state index is 9.63. The average Bonchev–Trinajstić information content (AvgIpc) is 2.67. The SMILES string of the molecule is CC1CN(CC2CCN(c3nc4c(cc3C#N)CCCC4)CC2)CC(C)O1. The van der Waals surface area contributed by atoms with Crippen LogP contribution in [0.4, 0.5) is 5.82 Å². The zero-order valence-corrected chi connectivity index (χ0v) is 16.8. The molecular weight excluding hydrogens is 336 g/mol. The number of aryl methyl sites for hydroxylation is 2. The molecule has 0 radical (unpaired) electrons. The van der Waals surface area contributed by atoms with Crippen LogP contribution in [-0.4, -0.2) is 54.8 Å². The van der Waals surface area contributed by atoms with Crippen LogP contribution in [0.5, 0.6) is 0 Å². The molecule has 0 spiro atoms. The van der Waals surface area contributed by atoms with Crippen LogP contribution in [-0.2, 0) is 17.6 Å². The molecule has 5 heteroatoms. The number of hydrogen-bond donors (Lipinski definition) is 0. The number of pyridine rings is 1. The van der Waals surface area contributed by atoms with Gasteiger partial charge >= 0.3 is 0 Å². The highest BCUT2D eigenvalue weighted by Gasteiger charge is 2.28. The van der Waals surface area contributed by atoms with E-state index in [0.29, 0.717) is 12.2 Å². The van der Waals surface area contributed by atoms with Crippen molar-refractivity contribution < 1.29 is 4.74 Å². The highest BCUT2D eigenvalue weighted by molar-refractivity contribution is 5.56. The molecule has 2 fully saturated rings. The summed E-state index contributed by atoms with van der Waals surface area (Å²) >= 11 is 0. The van der Waals surface area contributed by atoms with E-state index < -0.39 is 0 Å². The molecule has 27 heavy (non-hydrogen) atoms. The number of hydrogen-bond acceptors (Lipinski definition) is 5. The van der Waals surface area contributed by atoms with Gasteiger partial charge in [-0.05, 0) is 69.9 Å². The summed E-state index contributed by atoms with van der Waals surface area (Å²) in [6.45, 7) is 9.66. The number of anilines is 1. The molecule has 1 aromatic rings. The van der Waals surface area contributed by atoms with Crippen LogP contribution in [0.3, 0.4) is 0 Å². The van der Waals surface area contributed by atoms with Gasteiger partial charge in [-0.25, -0.2) is 4.98 Å². The molecule has 0 aromatic carbocycles. The summed E-state index contributed by atoms with van der Waals surface area (Å²) in [5.74, 6) is 1.67. The Morgan fingerprint density at radius 3 is 2.56 bits per heavy atom. The van der Waals surface area contributed by atoms with Crippen molar-refractivity contribution in [1.29, 1.82) is 5.26 Å². The van der Waals surface area contributed by atoms with Crippen molar-refractivity contribution in [3.8, 4) is 6.07 Å². The molecule has 4 rings (SSSR count). The van der Waals surface area contributed by atoms with Gasteiger partial charge in [-0.15, -0.1) is 0 Å². The molecule has 2 atom stereocenters. The van der Waals surface area contributed by atoms with E-state index in [1.165, 1.54) is 43.5 Å². The molecule has 0 bridgehead atoms. The zero-order chi connectivity index (χ0) is 18.8. The normalized spacial score (nSPS) is 27.2. The van der Waals surface area contributed by atoms with E-state index in [2.05, 4.69) is 35.8 Å². The Bertz CT molecular complexity index is 695. The predicted molar refractivity (Wildman–Crippen MR) is 107 cm³/mol. The van der Waals surface area contributed by atoms with Crippen LogP contribution in [0.15, 0.2) is 6.07 Å². The standard InChI is InChI=1S/C22H32N4O/c1-16-13-25(14-17(2)27-16)15-18-7-9-26(10-8-18)22-20(12-23)11-19-5-3-4-6-21(19)24-22/h11,16-18H,3-10,13-15H2,1-2H3. The lowest BCUT2D eigenvalue weighted by molar-refractivity contribution is -0.0720. The van der Waals surface area contributed by atoms with Crippen LogP contribution >= 0.6 is 0 Å². The summed E-state index contributed by atoms with van der Waals surface area (Å²) in [7, 11) is 0. The van der Waals surface area contributed by atoms with Crippen LogP contribution < -0.4 is 4.90 Å². The third-order valence-electron chi connectivity index (χ3n) is 6.33. The molecule has 2 aliphatic heterocycles. The number of morpholine rings is 1. The number of nitrogens with zero attached hydrogens (tertiary/aromatic N) is 4. The van der Waals surface area contributed by atoms with E-state index in [1.54, 1.807) is 0 Å². The van der Waals surface area contributed by atoms with E-state index in [4.69, 9.17) is 9.72 Å². The summed E-state index contributed by atoms with van der Waals surface area (Å²) in [5, 5.41) is 9.63. The van der Waals surface area contributed by atoms with E-state index in [-0.39, 0.29) is 0 Å². The predicted octanol–water partition coefficient (Wildman–Crippen LogP) is 3.16. The maximum Gasteiger partial charge on any atom is 0.146 e. The van der Waals surface area contributed by atoms with Crippen molar-refractivity contribution in [2.75, 3.05) is 37.6 Å². The Balaban J connectivity index is 1.39. The first-order chi connectivity index (χ1) is 13.1. The van der Waals surface area contributed by atoms with Crippen molar-refractivity contribution in [1.82, 2.24) is 9.88 Å². The van der Waals surface area contributed by atoms with Gasteiger partial charge in [0.15, 0.2) is 0 Å². The van der Waals surface area contributed by atoms with Gasteiger partial charge in [0.05, 0.1) is 17.8 Å². The van der Waals surface area contributed by atoms with Gasteiger partial charge in [-0.1, -0.05) is 0 Å². The molecule has 3 aliphatic rings. The second kappa shape index (κ2) is 8.16. The van der Waals surface area contributed by atoms with E-state index in [1.807, 2.05) is 0 Å². The van der Waals surface area contributed by atoms with Crippen molar-refractivity contribution in [3.05, 3.63) is 22.9 Å². The number of fused-ring (bicyclic) bond motifs is 1. The zero-order valence-electron chi connectivity index (χ0n) is 16.8. The summed E-state index contributed by atoms with van der Waals surface area (Å²) in [6.07, 6.45) is 7.65. The second-order valence-electron chi connectivity index (χ2n) is 8.69. The minimum atomic E-state index is 0.340. The summed E-state index contributed by atoms with van der Waals surface area (Å²) in [4.78, 5) is 9.88. The third kappa shape index (κ3) is 4.28. The molecule has 0 N–H and O–H groups in total. The summed E-state index contributed by atoms with van der Waals surface area (Å²) in [5.41, 5.74) is 3.30.